The molecule has 0 amide bonds. The number of hydrogen-bond donors (Lipinski definition) is 1. The Hall–Kier alpha value is -0.650. The Morgan fingerprint density at radius 1 is 1.62 bits per heavy atom. The number of Topliss-reactive ketones (excluding diaryl/α,β-unsaturated/α-hetero) is 1. The summed E-state index contributed by atoms with van der Waals surface area (Å²) in [5.41, 5.74) is 5.59. The minimum atomic E-state index is -0.407. The molecule has 0 spiro atoms. The third kappa shape index (κ3) is 1.43. The van der Waals surface area contributed by atoms with E-state index in [1.807, 2.05) is 0 Å². The first-order valence-corrected chi connectivity index (χ1v) is 5.54. The van der Waals surface area contributed by atoms with Gasteiger partial charge in [-0.1, -0.05) is 0 Å². The van der Waals surface area contributed by atoms with Crippen molar-refractivity contribution in [3.63, 3.8) is 0 Å². The summed E-state index contributed by atoms with van der Waals surface area (Å²) in [6, 6.07) is 1.34. The van der Waals surface area contributed by atoms with Crippen LogP contribution in [0.2, 0.25) is 0 Å². The number of carbonyl (C=O) groups excluding carboxylic acids is 2. The molecule has 1 unspecified atom stereocenters. The van der Waals surface area contributed by atoms with E-state index in [0.717, 1.165) is 11.2 Å². The van der Waals surface area contributed by atoms with E-state index < -0.39 is 6.04 Å². The molecule has 13 heavy (non-hydrogen) atoms. The van der Waals surface area contributed by atoms with Crippen LogP contribution in [0, 0.1) is 0 Å². The predicted molar refractivity (Wildman–Crippen MR) is 52.7 cm³/mol. The normalized spacial score (nSPS) is 21.3. The van der Waals surface area contributed by atoms with Crippen molar-refractivity contribution in [1.82, 2.24) is 0 Å². The molecule has 0 aromatic carbocycles. The molecule has 0 bridgehead atoms. The van der Waals surface area contributed by atoms with Crippen molar-refractivity contribution in [3.05, 3.63) is 15.8 Å². The van der Waals surface area contributed by atoms with Gasteiger partial charge in [-0.15, -0.1) is 23.1 Å². The summed E-state index contributed by atoms with van der Waals surface area (Å²) in [5.74, 6) is 0.577. The zero-order chi connectivity index (χ0) is 9.42. The summed E-state index contributed by atoms with van der Waals surface area (Å²) in [6.45, 7) is 0. The van der Waals surface area contributed by atoms with Crippen molar-refractivity contribution in [1.29, 1.82) is 0 Å². The number of thiophene rings is 1. The largest absolute Gasteiger partial charge is 0.320 e. The van der Waals surface area contributed by atoms with Gasteiger partial charge < -0.3 is 5.73 Å². The highest BCUT2D eigenvalue weighted by Gasteiger charge is 2.27. The smallest absolute Gasteiger partial charge is 0.191 e. The summed E-state index contributed by atoms with van der Waals surface area (Å²) < 4.78 is 0. The molecule has 2 N–H and O–H groups in total. The third-order valence-electron chi connectivity index (χ3n) is 1.81. The Morgan fingerprint density at radius 2 is 2.38 bits per heavy atom. The topological polar surface area (TPSA) is 60.2 Å². The van der Waals surface area contributed by atoms with Gasteiger partial charge in [-0.3, -0.25) is 9.59 Å². The van der Waals surface area contributed by atoms with Crippen LogP contribution in [0.4, 0.5) is 0 Å². The second-order valence-electron chi connectivity index (χ2n) is 2.74. The lowest BCUT2D eigenvalue weighted by Crippen LogP contribution is -2.34. The molecule has 1 aliphatic heterocycles. The number of nitrogens with two attached hydrogens (primary N) is 1. The van der Waals surface area contributed by atoms with E-state index in [1.165, 1.54) is 11.3 Å². The molecule has 1 aromatic heterocycles. The summed E-state index contributed by atoms with van der Waals surface area (Å²) in [6.07, 6.45) is 0.766. The molecule has 5 heteroatoms. The van der Waals surface area contributed by atoms with Gasteiger partial charge in [0.1, 0.15) is 0 Å². The highest BCUT2D eigenvalue weighted by atomic mass is 32.2. The van der Waals surface area contributed by atoms with Crippen LogP contribution in [0.3, 0.4) is 0 Å². The Kier molecular flexibility index (Phi) is 2.23. The van der Waals surface area contributed by atoms with Gasteiger partial charge in [0.15, 0.2) is 12.1 Å². The van der Waals surface area contributed by atoms with Gasteiger partial charge in [0.2, 0.25) is 0 Å². The summed E-state index contributed by atoms with van der Waals surface area (Å²) in [7, 11) is 0. The Morgan fingerprint density at radius 3 is 3.08 bits per heavy atom. The first-order valence-electron chi connectivity index (χ1n) is 3.74. The molecule has 3 nitrogen and oxygen atoms in total. The van der Waals surface area contributed by atoms with Gasteiger partial charge in [-0.25, -0.2) is 0 Å². The van der Waals surface area contributed by atoms with Crippen molar-refractivity contribution in [2.45, 2.75) is 10.9 Å². The predicted octanol–water partition coefficient (Wildman–Crippen LogP) is 1.18. The van der Waals surface area contributed by atoms with Crippen LogP contribution in [-0.2, 0) is 0 Å². The average molecular weight is 213 g/mol. The van der Waals surface area contributed by atoms with Crippen LogP contribution in [0.5, 0.6) is 0 Å². The second-order valence-corrected chi connectivity index (χ2v) is 4.89. The first-order chi connectivity index (χ1) is 6.22. The Balaban J connectivity index is 2.47. The molecule has 68 valence electrons. The fraction of sp³-hybridized carbons (Fsp3) is 0.250. The quantitative estimate of drug-likeness (QED) is 0.711. The molecule has 0 saturated heterocycles. The Bertz CT molecular complexity index is 372. The Labute approximate surface area is 83.3 Å². The van der Waals surface area contributed by atoms with Gasteiger partial charge in [0.25, 0.3) is 0 Å². The van der Waals surface area contributed by atoms with Crippen LogP contribution in [0.1, 0.15) is 19.3 Å². The monoisotopic (exact) mass is 213 g/mol. The molecular weight excluding hydrogens is 206 g/mol. The lowest BCUT2D eigenvalue weighted by molar-refractivity contribution is 0.0969. The third-order valence-corrected chi connectivity index (χ3v) is 4.18. The highest BCUT2D eigenvalue weighted by Crippen LogP contribution is 2.35. The standard InChI is InChI=1S/C8H7NO2S2/c9-5-3-12-6-1-4(2-10)13-8(6)7(5)11/h1-2,5H,3,9H2. The summed E-state index contributed by atoms with van der Waals surface area (Å²) in [4.78, 5) is 24.1. The molecule has 0 saturated carbocycles. The van der Waals surface area contributed by atoms with Crippen LogP contribution in [0.25, 0.3) is 0 Å². The number of aldehydes is 1. The molecule has 0 radical (unpaired) electrons. The molecule has 0 aliphatic carbocycles. The fourth-order valence-electron chi connectivity index (χ4n) is 1.15. The van der Waals surface area contributed by atoms with E-state index in [0.29, 0.717) is 15.5 Å². The lowest BCUT2D eigenvalue weighted by atomic mass is 10.2. The SMILES string of the molecule is NC1CSc2cc(C=O)sc2C1=O. The lowest BCUT2D eigenvalue weighted by Gasteiger charge is -2.15. The number of fused-ring (bicyclic) bond motifs is 1. The second kappa shape index (κ2) is 3.25. The van der Waals surface area contributed by atoms with Crippen molar-refractivity contribution in [3.8, 4) is 0 Å². The number of carbonyl (C=O) groups is 2. The number of ketones is 1. The minimum Gasteiger partial charge on any atom is -0.320 e. The van der Waals surface area contributed by atoms with E-state index in [-0.39, 0.29) is 5.78 Å². The maximum absolute atomic E-state index is 11.5. The van der Waals surface area contributed by atoms with Gasteiger partial charge in [-0.05, 0) is 6.07 Å². The minimum absolute atomic E-state index is 0.0353. The van der Waals surface area contributed by atoms with E-state index in [1.54, 1.807) is 17.8 Å². The summed E-state index contributed by atoms with van der Waals surface area (Å²) >= 11 is 2.77. The molecule has 2 heterocycles. The van der Waals surface area contributed by atoms with Crippen molar-refractivity contribution in [2.24, 2.45) is 5.73 Å². The molecule has 1 aromatic rings. The molecule has 1 aliphatic rings. The zero-order valence-corrected chi connectivity index (χ0v) is 8.28. The number of hydrogen-bond acceptors (Lipinski definition) is 5. The summed E-state index contributed by atoms with van der Waals surface area (Å²) in [5, 5.41) is 0. The maximum atomic E-state index is 11.5. The van der Waals surface area contributed by atoms with Crippen LogP contribution in [-0.4, -0.2) is 23.9 Å². The van der Waals surface area contributed by atoms with Gasteiger partial charge >= 0.3 is 0 Å². The van der Waals surface area contributed by atoms with Gasteiger partial charge in [0, 0.05) is 10.6 Å². The highest BCUT2D eigenvalue weighted by molar-refractivity contribution is 7.99. The zero-order valence-electron chi connectivity index (χ0n) is 6.65. The van der Waals surface area contributed by atoms with Gasteiger partial charge in [0.05, 0.1) is 15.8 Å². The first kappa shape index (κ1) is 8.93. The molecule has 0 fully saturated rings. The fourth-order valence-corrected chi connectivity index (χ4v) is 3.35. The average Bonchev–Trinajstić information content (AvgIpc) is 2.55. The van der Waals surface area contributed by atoms with E-state index in [9.17, 15) is 9.59 Å². The number of thioether (sulfide) groups is 1. The van der Waals surface area contributed by atoms with E-state index >= 15 is 0 Å². The molecule has 1 atom stereocenters. The van der Waals surface area contributed by atoms with Crippen LogP contribution >= 0.6 is 23.1 Å². The molecule has 2 rings (SSSR count). The van der Waals surface area contributed by atoms with Gasteiger partial charge in [-0.2, -0.15) is 0 Å². The molecular formula is C8H7NO2S2. The van der Waals surface area contributed by atoms with E-state index in [2.05, 4.69) is 0 Å². The van der Waals surface area contributed by atoms with Crippen LogP contribution < -0.4 is 5.73 Å². The van der Waals surface area contributed by atoms with Crippen molar-refractivity contribution >= 4 is 35.2 Å². The van der Waals surface area contributed by atoms with Crippen molar-refractivity contribution < 1.29 is 9.59 Å². The van der Waals surface area contributed by atoms with E-state index in [4.69, 9.17) is 5.73 Å². The maximum Gasteiger partial charge on any atom is 0.191 e. The number of rotatable bonds is 1. The van der Waals surface area contributed by atoms with Crippen LogP contribution in [0.15, 0.2) is 11.0 Å². The van der Waals surface area contributed by atoms with Crippen molar-refractivity contribution in [2.75, 3.05) is 5.75 Å².